The molecule has 1 aliphatic rings. The lowest BCUT2D eigenvalue weighted by Gasteiger charge is -2.21. The molecule has 108 valence electrons. The summed E-state index contributed by atoms with van der Waals surface area (Å²) in [5, 5.41) is 1.88. The van der Waals surface area contributed by atoms with E-state index in [2.05, 4.69) is 0 Å². The normalized spacial score (nSPS) is 15.9. The van der Waals surface area contributed by atoms with E-state index in [0.717, 1.165) is 12.1 Å². The Kier molecular flexibility index (Phi) is 4.01. The number of hydrogen-bond donors (Lipinski definition) is 0. The average molecular weight is 300 g/mol. The first-order valence-electron chi connectivity index (χ1n) is 6.94. The summed E-state index contributed by atoms with van der Waals surface area (Å²) in [6.45, 7) is 1.41. The van der Waals surface area contributed by atoms with Gasteiger partial charge in [0.25, 0.3) is 5.91 Å². The van der Waals surface area contributed by atoms with Gasteiger partial charge in [-0.25, -0.2) is 0 Å². The number of nitrogens with zero attached hydrogens (tertiary/aromatic N) is 2. The largest absolute Gasteiger partial charge is 0.329 e. The second-order valence-electron chi connectivity index (χ2n) is 4.94. The van der Waals surface area contributed by atoms with Gasteiger partial charge in [-0.2, -0.15) is 0 Å². The van der Waals surface area contributed by atoms with Crippen LogP contribution in [0.15, 0.2) is 47.8 Å². The van der Waals surface area contributed by atoms with E-state index < -0.39 is 0 Å². The molecule has 4 nitrogen and oxygen atoms in total. The van der Waals surface area contributed by atoms with E-state index >= 15 is 0 Å². The van der Waals surface area contributed by atoms with Crippen LogP contribution in [-0.2, 0) is 4.79 Å². The molecule has 2 amide bonds. The van der Waals surface area contributed by atoms with Crippen LogP contribution in [-0.4, -0.2) is 36.3 Å². The summed E-state index contributed by atoms with van der Waals surface area (Å²) in [6.07, 6.45) is 0.789. The number of anilines is 1. The molecule has 1 aromatic heterocycles. The first-order chi connectivity index (χ1) is 10.3. The van der Waals surface area contributed by atoms with Crippen LogP contribution < -0.4 is 4.90 Å². The van der Waals surface area contributed by atoms with Crippen LogP contribution >= 0.6 is 11.3 Å². The molecule has 0 radical (unpaired) electrons. The molecule has 0 unspecified atom stereocenters. The molecular weight excluding hydrogens is 284 g/mol. The van der Waals surface area contributed by atoms with Gasteiger partial charge in [-0.15, -0.1) is 11.3 Å². The van der Waals surface area contributed by atoms with Gasteiger partial charge in [0.2, 0.25) is 5.91 Å². The first kappa shape index (κ1) is 13.8. The predicted octanol–water partition coefficient (Wildman–Crippen LogP) is 2.63. The molecule has 0 saturated carbocycles. The third kappa shape index (κ3) is 2.97. The number of thiophene rings is 1. The van der Waals surface area contributed by atoms with Crippen molar-refractivity contribution in [2.45, 2.75) is 6.42 Å². The fraction of sp³-hybridized carbons (Fsp3) is 0.250. The lowest BCUT2D eigenvalue weighted by Crippen LogP contribution is -2.39. The molecule has 5 heteroatoms. The second-order valence-corrected chi connectivity index (χ2v) is 5.89. The van der Waals surface area contributed by atoms with E-state index in [1.54, 1.807) is 15.9 Å². The van der Waals surface area contributed by atoms with E-state index in [0.29, 0.717) is 18.0 Å². The van der Waals surface area contributed by atoms with E-state index in [-0.39, 0.29) is 18.4 Å². The number of amides is 2. The van der Waals surface area contributed by atoms with Crippen LogP contribution in [0.4, 0.5) is 5.69 Å². The Morgan fingerprint density at radius 3 is 2.57 bits per heavy atom. The molecule has 0 N–H and O–H groups in total. The standard InChI is InChI=1S/C16H16N2O2S/c19-15-12-17(16(20)14-8-4-11-21-14)9-5-10-18(15)13-6-2-1-3-7-13/h1-4,6-8,11H,5,9-10,12H2. The molecule has 1 saturated heterocycles. The molecule has 2 aromatic rings. The van der Waals surface area contributed by atoms with Crippen molar-refractivity contribution in [2.24, 2.45) is 0 Å². The van der Waals surface area contributed by atoms with Gasteiger partial charge in [0, 0.05) is 18.8 Å². The Labute approximate surface area is 127 Å². The summed E-state index contributed by atoms with van der Waals surface area (Å²) in [5.74, 6) is -0.0723. The minimum absolute atomic E-state index is 0.0244. The fourth-order valence-corrected chi connectivity index (χ4v) is 3.17. The van der Waals surface area contributed by atoms with Crippen LogP contribution in [0, 0.1) is 0 Å². The number of benzene rings is 1. The van der Waals surface area contributed by atoms with Gasteiger partial charge in [0.05, 0.1) is 4.88 Å². The summed E-state index contributed by atoms with van der Waals surface area (Å²) >= 11 is 1.41. The smallest absolute Gasteiger partial charge is 0.264 e. The van der Waals surface area contributed by atoms with Crippen LogP contribution in [0.3, 0.4) is 0 Å². The monoisotopic (exact) mass is 300 g/mol. The van der Waals surface area contributed by atoms with E-state index in [1.807, 2.05) is 41.8 Å². The second kappa shape index (κ2) is 6.10. The molecule has 0 spiro atoms. The molecule has 1 aromatic carbocycles. The number of carbonyl (C=O) groups is 2. The van der Waals surface area contributed by atoms with Crippen molar-refractivity contribution < 1.29 is 9.59 Å². The van der Waals surface area contributed by atoms with Crippen LogP contribution in [0.1, 0.15) is 16.1 Å². The maximum absolute atomic E-state index is 12.4. The Hall–Kier alpha value is -2.14. The summed E-state index contributed by atoms with van der Waals surface area (Å²) in [7, 11) is 0. The quantitative estimate of drug-likeness (QED) is 0.855. The van der Waals surface area contributed by atoms with Crippen molar-refractivity contribution in [3.05, 3.63) is 52.7 Å². The summed E-state index contributed by atoms with van der Waals surface area (Å²) in [4.78, 5) is 28.9. The summed E-state index contributed by atoms with van der Waals surface area (Å²) in [5.41, 5.74) is 0.896. The molecule has 1 fully saturated rings. The van der Waals surface area contributed by atoms with E-state index in [4.69, 9.17) is 0 Å². The van der Waals surface area contributed by atoms with Crippen molar-refractivity contribution >= 4 is 28.8 Å². The highest BCUT2D eigenvalue weighted by molar-refractivity contribution is 7.12. The Bertz CT molecular complexity index is 625. The molecule has 0 bridgehead atoms. The van der Waals surface area contributed by atoms with Crippen LogP contribution in [0.5, 0.6) is 0 Å². The Morgan fingerprint density at radius 2 is 1.86 bits per heavy atom. The number of hydrogen-bond acceptors (Lipinski definition) is 3. The molecule has 0 atom stereocenters. The van der Waals surface area contributed by atoms with E-state index in [1.165, 1.54) is 11.3 Å². The minimum atomic E-state index is -0.0479. The highest BCUT2D eigenvalue weighted by atomic mass is 32.1. The third-order valence-electron chi connectivity index (χ3n) is 3.52. The zero-order valence-corrected chi connectivity index (χ0v) is 12.4. The number of rotatable bonds is 2. The van der Waals surface area contributed by atoms with Gasteiger partial charge in [0.1, 0.15) is 6.54 Å². The minimum Gasteiger partial charge on any atom is -0.329 e. The van der Waals surface area contributed by atoms with Gasteiger partial charge in [-0.05, 0) is 30.0 Å². The predicted molar refractivity (Wildman–Crippen MR) is 83.6 cm³/mol. The van der Waals surface area contributed by atoms with Gasteiger partial charge < -0.3 is 9.80 Å². The third-order valence-corrected chi connectivity index (χ3v) is 4.38. The molecule has 2 heterocycles. The van der Waals surface area contributed by atoms with Crippen LogP contribution in [0.25, 0.3) is 0 Å². The van der Waals surface area contributed by atoms with Crippen molar-refractivity contribution in [3.8, 4) is 0 Å². The molecule has 1 aliphatic heterocycles. The van der Waals surface area contributed by atoms with Crippen molar-refractivity contribution in [2.75, 3.05) is 24.5 Å². The van der Waals surface area contributed by atoms with Gasteiger partial charge in [-0.1, -0.05) is 24.3 Å². The number of carbonyl (C=O) groups excluding carboxylic acids is 2. The maximum atomic E-state index is 12.4. The first-order valence-corrected chi connectivity index (χ1v) is 7.82. The SMILES string of the molecule is O=C(c1cccs1)N1CCCN(c2ccccc2)C(=O)C1. The Balaban J connectivity index is 1.76. The highest BCUT2D eigenvalue weighted by Crippen LogP contribution is 2.19. The number of para-hydroxylation sites is 1. The van der Waals surface area contributed by atoms with Crippen molar-refractivity contribution in [1.29, 1.82) is 0 Å². The topological polar surface area (TPSA) is 40.6 Å². The van der Waals surface area contributed by atoms with Crippen molar-refractivity contribution in [1.82, 2.24) is 4.90 Å². The molecule has 3 rings (SSSR count). The zero-order valence-electron chi connectivity index (χ0n) is 11.6. The van der Waals surface area contributed by atoms with Crippen molar-refractivity contribution in [3.63, 3.8) is 0 Å². The molecular formula is C16H16N2O2S. The summed E-state index contributed by atoms with van der Waals surface area (Å²) in [6, 6.07) is 13.3. The fourth-order valence-electron chi connectivity index (χ4n) is 2.48. The zero-order chi connectivity index (χ0) is 14.7. The highest BCUT2D eigenvalue weighted by Gasteiger charge is 2.26. The maximum Gasteiger partial charge on any atom is 0.264 e. The van der Waals surface area contributed by atoms with E-state index in [9.17, 15) is 9.59 Å². The lowest BCUT2D eigenvalue weighted by molar-refractivity contribution is -0.118. The van der Waals surface area contributed by atoms with Gasteiger partial charge in [0.15, 0.2) is 0 Å². The average Bonchev–Trinajstić information content (AvgIpc) is 2.97. The van der Waals surface area contributed by atoms with Gasteiger partial charge >= 0.3 is 0 Å². The summed E-state index contributed by atoms with van der Waals surface area (Å²) < 4.78 is 0. The molecule has 0 aliphatic carbocycles. The van der Waals surface area contributed by atoms with Crippen LogP contribution in [0.2, 0.25) is 0 Å². The lowest BCUT2D eigenvalue weighted by atomic mass is 10.2. The Morgan fingerprint density at radius 1 is 1.05 bits per heavy atom. The molecule has 21 heavy (non-hydrogen) atoms. The van der Waals surface area contributed by atoms with Gasteiger partial charge in [-0.3, -0.25) is 9.59 Å².